The van der Waals surface area contributed by atoms with Crippen LogP contribution >= 0.6 is 0 Å². The van der Waals surface area contributed by atoms with E-state index >= 15 is 0 Å². The Morgan fingerprint density at radius 2 is 1.69 bits per heavy atom. The van der Waals surface area contributed by atoms with Gasteiger partial charge in [-0.3, -0.25) is 0 Å². The highest BCUT2D eigenvalue weighted by atomic mass is 14.6. The monoisotopic (exact) mass is 172 g/mol. The van der Waals surface area contributed by atoms with Gasteiger partial charge in [0.2, 0.25) is 0 Å². The summed E-state index contributed by atoms with van der Waals surface area (Å²) in [5.74, 6) is 0. The van der Waals surface area contributed by atoms with Crippen molar-refractivity contribution in [3.8, 4) is 0 Å². The fourth-order valence-electron chi connectivity index (χ4n) is 1.68. The molecule has 2 rings (SSSR count). The van der Waals surface area contributed by atoms with Crippen molar-refractivity contribution in [3.05, 3.63) is 48.0 Å². The van der Waals surface area contributed by atoms with E-state index < -0.39 is 0 Å². The van der Waals surface area contributed by atoms with E-state index in [0.29, 0.717) is 6.04 Å². The van der Waals surface area contributed by atoms with Crippen molar-refractivity contribution in [3.63, 3.8) is 0 Å². The molecule has 2 aromatic carbocycles. The van der Waals surface area contributed by atoms with Crippen molar-refractivity contribution < 1.29 is 5.73 Å². The summed E-state index contributed by atoms with van der Waals surface area (Å²) in [4.78, 5) is 0. The lowest BCUT2D eigenvalue weighted by Gasteiger charge is -2.06. The van der Waals surface area contributed by atoms with Gasteiger partial charge in [0.15, 0.2) is 0 Å². The molecule has 0 heterocycles. The van der Waals surface area contributed by atoms with E-state index in [9.17, 15) is 0 Å². The number of hydrogen-bond acceptors (Lipinski definition) is 0. The molecule has 3 N–H and O–H groups in total. The molecule has 0 unspecified atom stereocenters. The zero-order valence-corrected chi connectivity index (χ0v) is 7.83. The summed E-state index contributed by atoms with van der Waals surface area (Å²) in [6, 6.07) is 15.2. The van der Waals surface area contributed by atoms with Crippen LogP contribution in [0.1, 0.15) is 18.5 Å². The van der Waals surface area contributed by atoms with Crippen molar-refractivity contribution in [2.75, 3.05) is 0 Å². The Hall–Kier alpha value is -1.34. The van der Waals surface area contributed by atoms with Gasteiger partial charge in [-0.1, -0.05) is 42.5 Å². The molecule has 0 saturated heterocycles. The van der Waals surface area contributed by atoms with E-state index in [4.69, 9.17) is 0 Å². The first-order valence-electron chi connectivity index (χ1n) is 4.60. The van der Waals surface area contributed by atoms with Crippen molar-refractivity contribution in [1.82, 2.24) is 0 Å². The van der Waals surface area contributed by atoms with E-state index in [2.05, 4.69) is 55.1 Å². The Morgan fingerprint density at radius 1 is 1.00 bits per heavy atom. The van der Waals surface area contributed by atoms with Crippen molar-refractivity contribution in [1.29, 1.82) is 0 Å². The lowest BCUT2D eigenvalue weighted by atomic mass is 10.0. The molecular formula is C12H14N+. The van der Waals surface area contributed by atoms with Gasteiger partial charge in [0.25, 0.3) is 0 Å². The van der Waals surface area contributed by atoms with E-state index in [1.165, 1.54) is 16.3 Å². The van der Waals surface area contributed by atoms with E-state index in [0.717, 1.165) is 0 Å². The van der Waals surface area contributed by atoms with Gasteiger partial charge in [-0.25, -0.2) is 0 Å². The van der Waals surface area contributed by atoms with Gasteiger partial charge >= 0.3 is 0 Å². The van der Waals surface area contributed by atoms with Gasteiger partial charge in [-0.15, -0.1) is 0 Å². The summed E-state index contributed by atoms with van der Waals surface area (Å²) in [5.41, 5.74) is 5.39. The molecule has 2 aromatic rings. The van der Waals surface area contributed by atoms with Crippen LogP contribution in [-0.4, -0.2) is 0 Å². The summed E-state index contributed by atoms with van der Waals surface area (Å²) in [5, 5.41) is 2.63. The third-order valence-electron chi connectivity index (χ3n) is 2.35. The summed E-state index contributed by atoms with van der Waals surface area (Å²) in [6.07, 6.45) is 0. The molecule has 0 aliphatic carbocycles. The average molecular weight is 172 g/mol. The Bertz CT molecular complexity index is 413. The molecular weight excluding hydrogens is 158 g/mol. The number of fused-ring (bicyclic) bond motifs is 1. The van der Waals surface area contributed by atoms with Gasteiger partial charge in [-0.05, 0) is 17.7 Å². The molecule has 0 saturated carbocycles. The van der Waals surface area contributed by atoms with Gasteiger partial charge < -0.3 is 5.73 Å². The maximum absolute atomic E-state index is 4.06. The first kappa shape index (κ1) is 8.27. The van der Waals surface area contributed by atoms with Gasteiger partial charge in [0.05, 0.1) is 0 Å². The standard InChI is InChI=1S/C12H13N/c1-9(13)11-8-4-6-10-5-2-3-7-12(10)11/h2-9H,13H2,1H3/p+1/t9-/m0/s1. The van der Waals surface area contributed by atoms with Crippen LogP contribution in [0, 0.1) is 0 Å². The van der Waals surface area contributed by atoms with Crippen LogP contribution in [0.15, 0.2) is 42.5 Å². The molecule has 0 aliphatic rings. The molecule has 13 heavy (non-hydrogen) atoms. The van der Waals surface area contributed by atoms with Crippen molar-refractivity contribution in [2.24, 2.45) is 0 Å². The Labute approximate surface area is 78.2 Å². The van der Waals surface area contributed by atoms with E-state index in [1.807, 2.05) is 0 Å². The van der Waals surface area contributed by atoms with Crippen LogP contribution < -0.4 is 5.73 Å². The molecule has 0 amide bonds. The SMILES string of the molecule is C[C@H]([NH3+])c1cccc2ccccc12. The zero-order valence-electron chi connectivity index (χ0n) is 7.83. The van der Waals surface area contributed by atoms with Crippen LogP contribution in [0.4, 0.5) is 0 Å². The molecule has 0 aromatic heterocycles. The molecule has 0 spiro atoms. The number of hydrogen-bond donors (Lipinski definition) is 1. The van der Waals surface area contributed by atoms with E-state index in [1.54, 1.807) is 0 Å². The Morgan fingerprint density at radius 3 is 2.46 bits per heavy atom. The lowest BCUT2D eigenvalue weighted by Crippen LogP contribution is -2.51. The quantitative estimate of drug-likeness (QED) is 0.682. The second kappa shape index (κ2) is 3.19. The number of quaternary nitrogens is 1. The molecule has 1 nitrogen and oxygen atoms in total. The third kappa shape index (κ3) is 1.43. The highest BCUT2D eigenvalue weighted by Gasteiger charge is 2.05. The minimum absolute atomic E-state index is 0.353. The fourth-order valence-corrected chi connectivity index (χ4v) is 1.68. The van der Waals surface area contributed by atoms with Gasteiger partial charge in [0, 0.05) is 5.56 Å². The maximum Gasteiger partial charge on any atom is 0.108 e. The zero-order chi connectivity index (χ0) is 9.26. The summed E-state index contributed by atoms with van der Waals surface area (Å²) in [7, 11) is 0. The van der Waals surface area contributed by atoms with Crippen molar-refractivity contribution >= 4 is 10.8 Å². The first-order valence-corrected chi connectivity index (χ1v) is 4.60. The van der Waals surface area contributed by atoms with Crippen LogP contribution in [0.2, 0.25) is 0 Å². The highest BCUT2D eigenvalue weighted by Crippen LogP contribution is 2.21. The smallest absolute Gasteiger partial charge is 0.108 e. The summed E-state index contributed by atoms with van der Waals surface area (Å²) < 4.78 is 0. The molecule has 66 valence electrons. The average Bonchev–Trinajstić information content (AvgIpc) is 2.17. The van der Waals surface area contributed by atoms with Crippen LogP contribution in [0.25, 0.3) is 10.8 Å². The van der Waals surface area contributed by atoms with Crippen LogP contribution in [-0.2, 0) is 0 Å². The topological polar surface area (TPSA) is 27.6 Å². The van der Waals surface area contributed by atoms with Crippen LogP contribution in [0.5, 0.6) is 0 Å². The Balaban J connectivity index is 2.76. The maximum atomic E-state index is 4.06. The predicted molar refractivity (Wildman–Crippen MR) is 55.3 cm³/mol. The largest absolute Gasteiger partial charge is 0.352 e. The van der Waals surface area contributed by atoms with Gasteiger partial charge in [-0.2, -0.15) is 0 Å². The second-order valence-electron chi connectivity index (χ2n) is 3.47. The first-order chi connectivity index (χ1) is 6.29. The fraction of sp³-hybridized carbons (Fsp3) is 0.167. The summed E-state index contributed by atoms with van der Waals surface area (Å²) >= 11 is 0. The molecule has 0 bridgehead atoms. The molecule has 0 fully saturated rings. The van der Waals surface area contributed by atoms with Gasteiger partial charge in [0.1, 0.15) is 6.04 Å². The number of benzene rings is 2. The third-order valence-corrected chi connectivity index (χ3v) is 2.35. The molecule has 0 radical (unpaired) electrons. The minimum Gasteiger partial charge on any atom is -0.352 e. The molecule has 1 heteroatoms. The van der Waals surface area contributed by atoms with Crippen molar-refractivity contribution in [2.45, 2.75) is 13.0 Å². The van der Waals surface area contributed by atoms with E-state index in [-0.39, 0.29) is 0 Å². The highest BCUT2D eigenvalue weighted by molar-refractivity contribution is 5.85. The van der Waals surface area contributed by atoms with Crippen LogP contribution in [0.3, 0.4) is 0 Å². The lowest BCUT2D eigenvalue weighted by molar-refractivity contribution is -0.420. The normalized spacial score (nSPS) is 13.1. The molecule has 1 atom stereocenters. The molecule has 0 aliphatic heterocycles. The minimum atomic E-state index is 0.353. The number of rotatable bonds is 1. The summed E-state index contributed by atoms with van der Waals surface area (Å²) in [6.45, 7) is 2.13. The predicted octanol–water partition coefficient (Wildman–Crippen LogP) is 2.14. The Kier molecular flexibility index (Phi) is 2.03. The second-order valence-corrected chi connectivity index (χ2v) is 3.47.